The number of hydrogen-bond donors (Lipinski definition) is 3. The summed E-state index contributed by atoms with van der Waals surface area (Å²) in [6.07, 6.45) is 0. The Bertz CT molecular complexity index is 1040. The minimum absolute atomic E-state index is 0.00923. The van der Waals surface area contributed by atoms with Crippen molar-refractivity contribution in [2.75, 3.05) is 0 Å². The normalized spacial score (nSPS) is 11.6. The van der Waals surface area contributed by atoms with Crippen molar-refractivity contribution in [3.8, 4) is 11.5 Å². The number of aromatic hydroxyl groups is 2. The number of para-hydroxylation sites is 1. The van der Waals surface area contributed by atoms with Crippen molar-refractivity contribution in [2.24, 2.45) is 0 Å². The maximum absolute atomic E-state index is 12.2. The van der Waals surface area contributed by atoms with Crippen molar-refractivity contribution >= 4 is 32.8 Å². The fraction of sp³-hybridized carbons (Fsp3) is 0. The van der Waals surface area contributed by atoms with Gasteiger partial charge in [0.15, 0.2) is 16.9 Å². The average molecular weight is 267 g/mol. The highest BCUT2D eigenvalue weighted by Crippen LogP contribution is 2.35. The van der Waals surface area contributed by atoms with E-state index in [1.807, 2.05) is 0 Å². The molecule has 5 heteroatoms. The Morgan fingerprint density at radius 1 is 1.00 bits per heavy atom. The van der Waals surface area contributed by atoms with Gasteiger partial charge in [-0.15, -0.1) is 0 Å². The highest BCUT2D eigenvalue weighted by atomic mass is 16.4. The minimum atomic E-state index is -0.317. The van der Waals surface area contributed by atoms with E-state index in [1.165, 1.54) is 18.2 Å². The Hall–Kier alpha value is -2.95. The molecule has 0 bridgehead atoms. The molecular formula is C15H9NO4. The van der Waals surface area contributed by atoms with Crippen LogP contribution < -0.4 is 5.56 Å². The van der Waals surface area contributed by atoms with E-state index in [2.05, 4.69) is 4.98 Å². The molecule has 0 fully saturated rings. The smallest absolute Gasteiger partial charge is 0.260 e. The molecule has 0 amide bonds. The van der Waals surface area contributed by atoms with E-state index < -0.39 is 0 Å². The molecule has 0 saturated carbocycles. The van der Waals surface area contributed by atoms with E-state index in [-0.39, 0.29) is 22.6 Å². The van der Waals surface area contributed by atoms with Crippen molar-refractivity contribution in [2.45, 2.75) is 0 Å². The lowest BCUT2D eigenvalue weighted by Crippen LogP contribution is -2.04. The summed E-state index contributed by atoms with van der Waals surface area (Å²) in [5, 5.41) is 21.0. The second-order valence-electron chi connectivity index (χ2n) is 4.64. The number of H-pyrrole nitrogens is 1. The molecule has 2 heterocycles. The van der Waals surface area contributed by atoms with Crippen LogP contribution in [0.4, 0.5) is 0 Å². The monoisotopic (exact) mass is 267 g/mol. The number of aromatic amines is 1. The van der Waals surface area contributed by atoms with Crippen molar-refractivity contribution in [3.05, 3.63) is 46.8 Å². The first-order chi connectivity index (χ1) is 9.65. The summed E-state index contributed by atoms with van der Waals surface area (Å²) in [6.45, 7) is 0. The van der Waals surface area contributed by atoms with Crippen LogP contribution in [0.25, 0.3) is 32.8 Å². The van der Waals surface area contributed by atoms with Gasteiger partial charge in [-0.2, -0.15) is 0 Å². The number of phenolic OH excluding ortho intramolecular Hbond substituents is 2. The van der Waals surface area contributed by atoms with Crippen LogP contribution in [0.1, 0.15) is 0 Å². The zero-order valence-electron chi connectivity index (χ0n) is 10.2. The molecule has 0 aliphatic rings. The van der Waals surface area contributed by atoms with Crippen molar-refractivity contribution in [3.63, 3.8) is 0 Å². The first-order valence-corrected chi connectivity index (χ1v) is 6.04. The van der Waals surface area contributed by atoms with Gasteiger partial charge in [0.05, 0.1) is 10.9 Å². The van der Waals surface area contributed by atoms with Gasteiger partial charge in [-0.3, -0.25) is 4.79 Å². The summed E-state index contributed by atoms with van der Waals surface area (Å²) < 4.78 is 5.67. The van der Waals surface area contributed by atoms with Crippen LogP contribution in [0.15, 0.2) is 45.6 Å². The highest BCUT2D eigenvalue weighted by molar-refractivity contribution is 6.14. The molecule has 0 radical (unpaired) electrons. The van der Waals surface area contributed by atoms with Gasteiger partial charge in [-0.25, -0.2) is 0 Å². The fourth-order valence-corrected chi connectivity index (χ4v) is 2.54. The Labute approximate surface area is 111 Å². The topological polar surface area (TPSA) is 86.5 Å². The van der Waals surface area contributed by atoms with Gasteiger partial charge in [0, 0.05) is 16.8 Å². The van der Waals surface area contributed by atoms with Crippen molar-refractivity contribution < 1.29 is 14.6 Å². The summed E-state index contributed by atoms with van der Waals surface area (Å²) in [4.78, 5) is 14.9. The summed E-state index contributed by atoms with van der Waals surface area (Å²) in [6, 6.07) is 9.54. The van der Waals surface area contributed by atoms with Crippen LogP contribution in [0.2, 0.25) is 0 Å². The van der Waals surface area contributed by atoms with Crippen LogP contribution in [-0.2, 0) is 0 Å². The Morgan fingerprint density at radius 3 is 2.70 bits per heavy atom. The van der Waals surface area contributed by atoms with Crippen molar-refractivity contribution in [1.82, 2.24) is 4.98 Å². The molecule has 0 spiro atoms. The molecule has 2 aromatic carbocycles. The molecule has 4 rings (SSSR count). The molecule has 0 unspecified atom stereocenters. The van der Waals surface area contributed by atoms with Crippen LogP contribution in [0, 0.1) is 0 Å². The van der Waals surface area contributed by atoms with Gasteiger partial charge in [0.2, 0.25) is 0 Å². The minimum Gasteiger partial charge on any atom is -0.508 e. The average Bonchev–Trinajstić information content (AvgIpc) is 2.80. The second kappa shape index (κ2) is 3.54. The summed E-state index contributed by atoms with van der Waals surface area (Å²) in [7, 11) is 0. The van der Waals surface area contributed by atoms with Gasteiger partial charge < -0.3 is 19.6 Å². The molecule has 0 saturated heterocycles. The van der Waals surface area contributed by atoms with Crippen LogP contribution in [-0.4, -0.2) is 15.2 Å². The maximum atomic E-state index is 12.2. The molecule has 20 heavy (non-hydrogen) atoms. The molecular weight excluding hydrogens is 258 g/mol. The largest absolute Gasteiger partial charge is 0.508 e. The molecule has 5 nitrogen and oxygen atoms in total. The number of phenols is 2. The first kappa shape index (κ1) is 10.9. The summed E-state index contributed by atoms with van der Waals surface area (Å²) in [5.74, 6) is 0.0523. The Morgan fingerprint density at radius 2 is 1.85 bits per heavy atom. The highest BCUT2D eigenvalue weighted by Gasteiger charge is 2.16. The predicted octanol–water partition coefficient (Wildman–Crippen LogP) is 2.84. The third kappa shape index (κ3) is 1.29. The van der Waals surface area contributed by atoms with Crippen molar-refractivity contribution in [1.29, 1.82) is 0 Å². The molecule has 3 N–H and O–H groups in total. The van der Waals surface area contributed by atoms with Crippen LogP contribution in [0.5, 0.6) is 11.5 Å². The first-order valence-electron chi connectivity index (χ1n) is 6.04. The number of furan rings is 1. The number of pyridine rings is 1. The zero-order valence-corrected chi connectivity index (χ0v) is 10.2. The Kier molecular flexibility index (Phi) is 1.93. The van der Waals surface area contributed by atoms with Crippen LogP contribution >= 0.6 is 0 Å². The van der Waals surface area contributed by atoms with Crippen LogP contribution in [0.3, 0.4) is 0 Å². The second-order valence-corrected chi connectivity index (χ2v) is 4.64. The Balaban J connectivity index is 2.36. The summed E-state index contributed by atoms with van der Waals surface area (Å²) >= 11 is 0. The van der Waals surface area contributed by atoms with Gasteiger partial charge in [-0.05, 0) is 18.2 Å². The molecule has 0 atom stereocenters. The van der Waals surface area contributed by atoms with Gasteiger partial charge in [-0.1, -0.05) is 12.1 Å². The van der Waals surface area contributed by atoms with E-state index in [9.17, 15) is 15.0 Å². The number of nitrogens with one attached hydrogen (secondary N) is 1. The molecule has 2 aromatic heterocycles. The SMILES string of the molecule is O=c1[nH]c2cc(O)ccc2c2oc3c(O)cccc3c12. The van der Waals surface area contributed by atoms with E-state index in [0.717, 1.165) is 0 Å². The molecule has 0 aliphatic carbocycles. The van der Waals surface area contributed by atoms with Gasteiger partial charge >= 0.3 is 0 Å². The van der Waals surface area contributed by atoms with E-state index in [0.29, 0.717) is 27.3 Å². The lowest BCUT2D eigenvalue weighted by molar-refractivity contribution is 0.469. The van der Waals surface area contributed by atoms with E-state index in [1.54, 1.807) is 18.2 Å². The zero-order chi connectivity index (χ0) is 13.9. The lowest BCUT2D eigenvalue weighted by Gasteiger charge is -1.99. The fourth-order valence-electron chi connectivity index (χ4n) is 2.54. The number of benzene rings is 2. The molecule has 4 aromatic rings. The predicted molar refractivity (Wildman–Crippen MR) is 75.2 cm³/mol. The quantitative estimate of drug-likeness (QED) is 0.457. The molecule has 98 valence electrons. The maximum Gasteiger partial charge on any atom is 0.260 e. The number of aromatic nitrogens is 1. The van der Waals surface area contributed by atoms with E-state index >= 15 is 0 Å². The molecule has 0 aliphatic heterocycles. The third-order valence-corrected chi connectivity index (χ3v) is 3.42. The number of rotatable bonds is 0. The number of fused-ring (bicyclic) bond motifs is 5. The lowest BCUT2D eigenvalue weighted by atomic mass is 10.1. The summed E-state index contributed by atoms with van der Waals surface area (Å²) in [5.41, 5.74) is 0.859. The van der Waals surface area contributed by atoms with E-state index in [4.69, 9.17) is 4.42 Å². The van der Waals surface area contributed by atoms with Gasteiger partial charge in [0.25, 0.3) is 5.56 Å². The van der Waals surface area contributed by atoms with Gasteiger partial charge in [0.1, 0.15) is 5.75 Å². The third-order valence-electron chi connectivity index (χ3n) is 3.42. The standard InChI is InChI=1S/C15H9NO4/c17-7-4-5-8-10(6-7)16-15(19)12-9-2-1-3-11(18)13(9)20-14(8)12/h1-6,17-18H,(H,16,19). The number of hydrogen-bond acceptors (Lipinski definition) is 4.